The number of benzene rings is 5. The predicted molar refractivity (Wildman–Crippen MR) is 200 cm³/mol. The van der Waals surface area contributed by atoms with Crippen molar-refractivity contribution in [1.29, 1.82) is 0 Å². The fraction of sp³-hybridized carbons (Fsp3) is 0.227. The molecule has 0 aliphatic rings. The minimum absolute atomic E-state index is 0.0986. The highest BCUT2D eigenvalue weighted by atomic mass is 19.4. The highest BCUT2D eigenvalue weighted by molar-refractivity contribution is 5.92. The number of hydrogen-bond donors (Lipinski definition) is 2. The fourth-order valence-corrected chi connectivity index (χ4v) is 6.52. The maximum Gasteiger partial charge on any atom is 0.423 e. The Kier molecular flexibility index (Phi) is 10.7. The molecule has 6 aromatic rings. The molecule has 2 N–H and O–H groups in total. The van der Waals surface area contributed by atoms with Crippen LogP contribution in [0.4, 0.5) is 13.2 Å². The summed E-state index contributed by atoms with van der Waals surface area (Å²) in [6.07, 6.45) is -0.422. The van der Waals surface area contributed by atoms with E-state index >= 15 is 0 Å². The van der Waals surface area contributed by atoms with Crippen LogP contribution in [0.5, 0.6) is 11.5 Å². The molecule has 53 heavy (non-hydrogen) atoms. The highest BCUT2D eigenvalue weighted by Crippen LogP contribution is 2.45. The first kappa shape index (κ1) is 36.9. The number of rotatable bonds is 12. The molecule has 0 saturated carbocycles. The van der Waals surface area contributed by atoms with Crippen LogP contribution in [0.3, 0.4) is 0 Å². The number of carbonyl (C=O) groups excluding carboxylic acids is 1. The van der Waals surface area contributed by atoms with Crippen molar-refractivity contribution in [1.82, 2.24) is 14.9 Å². The van der Waals surface area contributed by atoms with Gasteiger partial charge in [-0.15, -0.1) is 0 Å². The van der Waals surface area contributed by atoms with E-state index in [-0.39, 0.29) is 35.7 Å². The van der Waals surface area contributed by atoms with Crippen LogP contribution in [-0.4, -0.2) is 20.6 Å². The number of ether oxygens (including phenoxy) is 1. The lowest BCUT2D eigenvalue weighted by molar-refractivity contribution is -0.140. The van der Waals surface area contributed by atoms with Crippen molar-refractivity contribution in [3.05, 3.63) is 185 Å². The molecule has 1 aromatic heterocycles. The zero-order valence-electron chi connectivity index (χ0n) is 29.9. The molecule has 0 unspecified atom stereocenters. The van der Waals surface area contributed by atoms with Gasteiger partial charge in [0.2, 0.25) is 0 Å². The summed E-state index contributed by atoms with van der Waals surface area (Å²) in [7, 11) is 0. The van der Waals surface area contributed by atoms with Crippen LogP contribution in [-0.2, 0) is 31.3 Å². The summed E-state index contributed by atoms with van der Waals surface area (Å²) in [5, 5.41) is 13.5. The first-order chi connectivity index (χ1) is 25.4. The lowest BCUT2D eigenvalue weighted by Gasteiger charge is -2.37. The summed E-state index contributed by atoms with van der Waals surface area (Å²) < 4.78 is 49.6. The second kappa shape index (κ2) is 15.4. The number of phenols is 1. The number of aromatic nitrogens is 2. The quantitative estimate of drug-likeness (QED) is 0.124. The number of nitrogens with zero attached hydrogens (tertiary/aromatic N) is 2. The summed E-state index contributed by atoms with van der Waals surface area (Å²) in [5.41, 5.74) is 2.84. The molecule has 0 aliphatic carbocycles. The number of halogens is 3. The average Bonchev–Trinajstić information content (AvgIpc) is 3.64. The number of phenolic OH excluding ortho intramolecular Hbond substituents is 1. The van der Waals surface area contributed by atoms with E-state index in [4.69, 9.17) is 4.74 Å². The van der Waals surface area contributed by atoms with Gasteiger partial charge in [-0.25, -0.2) is 4.98 Å². The normalized spacial score (nSPS) is 12.0. The van der Waals surface area contributed by atoms with E-state index in [1.54, 1.807) is 36.8 Å². The monoisotopic (exact) mass is 717 g/mol. The molecule has 1 heterocycles. The zero-order chi connectivity index (χ0) is 37.6. The lowest BCUT2D eigenvalue weighted by atomic mass is 9.77. The van der Waals surface area contributed by atoms with Crippen molar-refractivity contribution in [2.45, 2.75) is 58.5 Å². The van der Waals surface area contributed by atoms with E-state index in [1.165, 1.54) is 12.1 Å². The van der Waals surface area contributed by atoms with Crippen molar-refractivity contribution >= 4 is 5.91 Å². The minimum atomic E-state index is -4.79. The molecule has 1 amide bonds. The molecule has 272 valence electrons. The average molecular weight is 718 g/mol. The molecule has 0 radical (unpaired) electrons. The number of carbonyl (C=O) groups is 1. The van der Waals surface area contributed by atoms with Crippen molar-refractivity contribution in [2.24, 2.45) is 5.41 Å². The third-order valence-electron chi connectivity index (χ3n) is 9.30. The number of hydrogen-bond acceptors (Lipinski definition) is 4. The van der Waals surface area contributed by atoms with Gasteiger partial charge < -0.3 is 19.7 Å². The topological polar surface area (TPSA) is 76.4 Å². The summed E-state index contributed by atoms with van der Waals surface area (Å²) in [6.45, 7) is 6.05. The molecule has 0 aliphatic heterocycles. The van der Waals surface area contributed by atoms with Gasteiger partial charge in [0.1, 0.15) is 34.9 Å². The molecule has 5 aromatic carbocycles. The van der Waals surface area contributed by atoms with Crippen LogP contribution < -0.4 is 10.1 Å². The van der Waals surface area contributed by atoms with Gasteiger partial charge in [0.05, 0.1) is 6.33 Å². The second-order valence-corrected chi connectivity index (χ2v) is 14.3. The molecule has 9 heteroatoms. The van der Waals surface area contributed by atoms with Crippen molar-refractivity contribution in [3.8, 4) is 11.5 Å². The fourth-order valence-electron chi connectivity index (χ4n) is 6.52. The Hall–Kier alpha value is -5.83. The Labute approximate surface area is 307 Å². The summed E-state index contributed by atoms with van der Waals surface area (Å²) in [6, 6.07) is 40.1. The van der Waals surface area contributed by atoms with Crippen LogP contribution in [0, 0.1) is 5.41 Å². The molecule has 0 atom stereocenters. The Morgan fingerprint density at radius 3 is 1.79 bits per heavy atom. The third-order valence-corrected chi connectivity index (χ3v) is 9.30. The number of amides is 1. The summed E-state index contributed by atoms with van der Waals surface area (Å²) in [5.74, 6) is -1.58. The van der Waals surface area contributed by atoms with E-state index < -0.39 is 28.8 Å². The molecule has 0 fully saturated rings. The van der Waals surface area contributed by atoms with Crippen LogP contribution in [0.1, 0.15) is 76.6 Å². The van der Waals surface area contributed by atoms with Crippen LogP contribution in [0.25, 0.3) is 0 Å². The van der Waals surface area contributed by atoms with Gasteiger partial charge >= 0.3 is 6.18 Å². The molecule has 0 spiro atoms. The van der Waals surface area contributed by atoms with E-state index in [9.17, 15) is 23.1 Å². The Bertz CT molecular complexity index is 2030. The maximum atomic E-state index is 14.0. The SMILES string of the molecule is CC(C)(C)CCc1ccc(OCc2ccc(CNC(=O)c3cn(C(c4ccccc4)(c4ccccc4)c4ccccc4)cn3)cc2)c(C(F)(F)F)c1O. The van der Waals surface area contributed by atoms with Crippen LogP contribution in [0.2, 0.25) is 0 Å². The largest absolute Gasteiger partial charge is 0.507 e. The van der Waals surface area contributed by atoms with E-state index in [0.717, 1.165) is 22.3 Å². The van der Waals surface area contributed by atoms with Crippen molar-refractivity contribution in [3.63, 3.8) is 0 Å². The zero-order valence-corrected chi connectivity index (χ0v) is 29.9. The van der Waals surface area contributed by atoms with E-state index in [2.05, 4.69) is 46.7 Å². The summed E-state index contributed by atoms with van der Waals surface area (Å²) >= 11 is 0. The molecule has 0 saturated heterocycles. The number of nitrogens with one attached hydrogen (secondary N) is 1. The second-order valence-electron chi connectivity index (χ2n) is 14.3. The molecular weight excluding hydrogens is 675 g/mol. The van der Waals surface area contributed by atoms with Gasteiger partial charge in [0.25, 0.3) is 5.91 Å². The molecule has 6 nitrogen and oxygen atoms in total. The predicted octanol–water partition coefficient (Wildman–Crippen LogP) is 9.94. The first-order valence-electron chi connectivity index (χ1n) is 17.5. The van der Waals surface area contributed by atoms with Gasteiger partial charge in [0.15, 0.2) is 0 Å². The first-order valence-corrected chi connectivity index (χ1v) is 17.5. The van der Waals surface area contributed by atoms with E-state index in [1.807, 2.05) is 79.9 Å². The molecular formula is C44H42F3N3O3. The van der Waals surface area contributed by atoms with Crippen molar-refractivity contribution < 1.29 is 27.8 Å². The van der Waals surface area contributed by atoms with Gasteiger partial charge in [0, 0.05) is 12.7 Å². The number of aromatic hydroxyl groups is 1. The Morgan fingerprint density at radius 1 is 0.755 bits per heavy atom. The number of alkyl halides is 3. The third kappa shape index (κ3) is 8.30. The standard InChI is InChI=1S/C44H42F3N3O3/c1-42(2,3)26-25-33-23-24-38(39(40(33)51)44(45,46)47)53-29-32-21-19-31(20-22-32)27-48-41(52)37-28-50(30-49-37)43(34-13-7-4-8-14-34,35-15-9-5-10-16-35)36-17-11-6-12-18-36/h4-24,28,30,51H,25-27,29H2,1-3H3,(H,48,52). The van der Waals surface area contributed by atoms with Gasteiger partial charge in [-0.05, 0) is 57.7 Å². The number of aryl methyl sites for hydroxylation is 1. The highest BCUT2D eigenvalue weighted by Gasteiger charge is 2.40. The van der Waals surface area contributed by atoms with Gasteiger partial charge in [-0.3, -0.25) is 4.79 Å². The lowest BCUT2D eigenvalue weighted by Crippen LogP contribution is -2.37. The Morgan fingerprint density at radius 2 is 1.28 bits per heavy atom. The molecule has 6 rings (SSSR count). The summed E-state index contributed by atoms with van der Waals surface area (Å²) in [4.78, 5) is 18.0. The van der Waals surface area contributed by atoms with Gasteiger partial charge in [-0.2, -0.15) is 13.2 Å². The van der Waals surface area contributed by atoms with E-state index in [0.29, 0.717) is 18.4 Å². The Balaban J connectivity index is 1.16. The molecule has 0 bridgehead atoms. The van der Waals surface area contributed by atoms with Gasteiger partial charge in [-0.1, -0.05) is 142 Å². The number of imidazole rings is 1. The van der Waals surface area contributed by atoms with Crippen LogP contribution in [0.15, 0.2) is 140 Å². The minimum Gasteiger partial charge on any atom is -0.507 e. The smallest absolute Gasteiger partial charge is 0.423 e. The van der Waals surface area contributed by atoms with Crippen LogP contribution >= 0.6 is 0 Å². The van der Waals surface area contributed by atoms with Crippen molar-refractivity contribution in [2.75, 3.05) is 0 Å². The maximum absolute atomic E-state index is 14.0.